The van der Waals surface area contributed by atoms with Crippen LogP contribution in [0.3, 0.4) is 0 Å². The fourth-order valence-electron chi connectivity index (χ4n) is 0.214. The zero-order valence-corrected chi connectivity index (χ0v) is 4.18. The Morgan fingerprint density at radius 2 is 2.43 bits per heavy atom. The van der Waals surface area contributed by atoms with Crippen molar-refractivity contribution in [1.82, 2.24) is 10.2 Å². The van der Waals surface area contributed by atoms with Crippen LogP contribution in [-0.4, -0.2) is 10.2 Å². The second-order valence-corrected chi connectivity index (χ2v) is 1.30. The van der Waals surface area contributed by atoms with E-state index in [1.165, 1.54) is 12.6 Å². The summed E-state index contributed by atoms with van der Waals surface area (Å²) in [6, 6.07) is 0. The Bertz CT molecular complexity index is 179. The predicted octanol–water partition coefficient (Wildman–Crippen LogP) is 0.799. The Kier molecular flexibility index (Phi) is 1.12. The van der Waals surface area contributed by atoms with Gasteiger partial charge in [0.2, 0.25) is 11.1 Å². The van der Waals surface area contributed by atoms with Gasteiger partial charge < -0.3 is 4.42 Å². The van der Waals surface area contributed by atoms with Gasteiger partial charge in [0.15, 0.2) is 0 Å². The number of nitrogens with zero attached hydrogens (tertiary/aromatic N) is 2. The molecule has 0 aliphatic carbocycles. The standard InChI is InChI=1S/C3H2N2OS/c7-3-1-4-5-2-6-3/h1-2H. The van der Waals surface area contributed by atoms with Crippen LogP contribution < -0.4 is 0 Å². The average Bonchev–Trinajstić information content (AvgIpc) is 1.69. The van der Waals surface area contributed by atoms with Gasteiger partial charge in [0, 0.05) is 0 Å². The van der Waals surface area contributed by atoms with Gasteiger partial charge in [-0.05, 0) is 12.2 Å². The monoisotopic (exact) mass is 114 g/mol. The lowest BCUT2D eigenvalue weighted by Gasteiger charge is -1.73. The number of hydrogen-bond acceptors (Lipinski definition) is 4. The maximum atomic E-state index is 4.57. The van der Waals surface area contributed by atoms with Crippen LogP contribution in [0.5, 0.6) is 0 Å². The van der Waals surface area contributed by atoms with Crippen LogP contribution >= 0.6 is 12.2 Å². The Morgan fingerprint density at radius 1 is 1.57 bits per heavy atom. The smallest absolute Gasteiger partial charge is 0.212 e. The van der Waals surface area contributed by atoms with E-state index in [9.17, 15) is 0 Å². The van der Waals surface area contributed by atoms with Crippen molar-refractivity contribution < 1.29 is 4.42 Å². The molecule has 0 saturated carbocycles. The molecule has 0 aliphatic heterocycles. The third-order valence-corrected chi connectivity index (χ3v) is 0.647. The van der Waals surface area contributed by atoms with Gasteiger partial charge in [-0.25, -0.2) is 0 Å². The summed E-state index contributed by atoms with van der Waals surface area (Å²) in [5.41, 5.74) is 0. The molecular weight excluding hydrogens is 112 g/mol. The first-order valence-corrected chi connectivity index (χ1v) is 2.06. The molecule has 0 aromatic carbocycles. The van der Waals surface area contributed by atoms with E-state index >= 15 is 0 Å². The van der Waals surface area contributed by atoms with Crippen LogP contribution in [0.4, 0.5) is 0 Å². The SMILES string of the molecule is S=c1cnnco1. The minimum Gasteiger partial charge on any atom is -0.431 e. The molecule has 0 radical (unpaired) electrons. The van der Waals surface area contributed by atoms with Crippen LogP contribution in [0.2, 0.25) is 0 Å². The van der Waals surface area contributed by atoms with E-state index < -0.39 is 0 Å². The molecule has 36 valence electrons. The van der Waals surface area contributed by atoms with Gasteiger partial charge in [0.1, 0.15) is 6.20 Å². The number of rotatable bonds is 0. The predicted molar refractivity (Wildman–Crippen MR) is 25.1 cm³/mol. The second kappa shape index (κ2) is 1.79. The first-order chi connectivity index (χ1) is 3.39. The highest BCUT2D eigenvalue weighted by Gasteiger charge is 1.70. The third-order valence-electron chi connectivity index (χ3n) is 0.446. The van der Waals surface area contributed by atoms with Crippen molar-refractivity contribution in [3.63, 3.8) is 0 Å². The van der Waals surface area contributed by atoms with E-state index in [1.54, 1.807) is 0 Å². The zero-order valence-electron chi connectivity index (χ0n) is 3.37. The van der Waals surface area contributed by atoms with Gasteiger partial charge in [0.25, 0.3) is 0 Å². The van der Waals surface area contributed by atoms with Gasteiger partial charge in [-0.2, -0.15) is 5.10 Å². The van der Waals surface area contributed by atoms with Gasteiger partial charge >= 0.3 is 0 Å². The molecule has 0 N–H and O–H groups in total. The highest BCUT2D eigenvalue weighted by Crippen LogP contribution is 1.78. The summed E-state index contributed by atoms with van der Waals surface area (Å²) in [7, 11) is 0. The molecule has 1 aromatic rings. The highest BCUT2D eigenvalue weighted by atomic mass is 32.1. The Hall–Kier alpha value is -0.770. The third kappa shape index (κ3) is 1.04. The molecule has 1 aromatic heterocycles. The van der Waals surface area contributed by atoms with Crippen molar-refractivity contribution in [2.24, 2.45) is 0 Å². The van der Waals surface area contributed by atoms with E-state index in [0.717, 1.165) is 0 Å². The fourth-order valence-corrected chi connectivity index (χ4v) is 0.304. The van der Waals surface area contributed by atoms with Crippen molar-refractivity contribution in [1.29, 1.82) is 0 Å². The summed E-state index contributed by atoms with van der Waals surface area (Å²) in [6.45, 7) is 0. The summed E-state index contributed by atoms with van der Waals surface area (Å²) < 4.78 is 4.92. The maximum absolute atomic E-state index is 4.57. The van der Waals surface area contributed by atoms with E-state index in [2.05, 4.69) is 26.8 Å². The average molecular weight is 114 g/mol. The van der Waals surface area contributed by atoms with Crippen LogP contribution in [0.1, 0.15) is 0 Å². The summed E-state index contributed by atoms with van der Waals surface area (Å²) in [4.78, 5) is 0. The normalized spacial score (nSPS) is 8.57. The summed E-state index contributed by atoms with van der Waals surface area (Å²) in [6.07, 6.45) is 2.57. The molecule has 1 rings (SSSR count). The second-order valence-electron chi connectivity index (χ2n) is 0.902. The van der Waals surface area contributed by atoms with Crippen molar-refractivity contribution in [3.8, 4) is 0 Å². The molecule has 0 spiro atoms. The lowest BCUT2D eigenvalue weighted by Crippen LogP contribution is -1.72. The van der Waals surface area contributed by atoms with Crippen molar-refractivity contribution in [2.45, 2.75) is 0 Å². The van der Waals surface area contributed by atoms with E-state index in [4.69, 9.17) is 0 Å². The molecule has 0 bridgehead atoms. The van der Waals surface area contributed by atoms with Crippen molar-refractivity contribution >= 4 is 12.2 Å². The van der Waals surface area contributed by atoms with Gasteiger partial charge in [-0.1, -0.05) is 0 Å². The zero-order chi connectivity index (χ0) is 5.11. The molecule has 0 aliphatic rings. The molecule has 0 unspecified atom stereocenters. The highest BCUT2D eigenvalue weighted by molar-refractivity contribution is 7.71. The Labute approximate surface area is 45.0 Å². The fraction of sp³-hybridized carbons (Fsp3) is 0. The van der Waals surface area contributed by atoms with Gasteiger partial charge in [-0.3, -0.25) is 0 Å². The quantitative estimate of drug-likeness (QED) is 0.467. The van der Waals surface area contributed by atoms with Crippen LogP contribution in [-0.2, 0) is 0 Å². The van der Waals surface area contributed by atoms with Crippen LogP contribution in [0, 0.1) is 4.71 Å². The molecule has 1 heterocycles. The topological polar surface area (TPSA) is 38.9 Å². The Morgan fingerprint density at radius 3 is 2.71 bits per heavy atom. The Balaban J connectivity index is 3.28. The molecule has 0 fully saturated rings. The molecule has 7 heavy (non-hydrogen) atoms. The molecular formula is C3H2N2OS. The van der Waals surface area contributed by atoms with Gasteiger partial charge in [0.05, 0.1) is 0 Å². The molecule has 4 heteroatoms. The van der Waals surface area contributed by atoms with Crippen LogP contribution in [0.15, 0.2) is 17.0 Å². The molecule has 3 nitrogen and oxygen atoms in total. The van der Waals surface area contributed by atoms with Crippen molar-refractivity contribution in [2.75, 3.05) is 0 Å². The first kappa shape index (κ1) is 4.39. The first-order valence-electron chi connectivity index (χ1n) is 1.65. The van der Waals surface area contributed by atoms with E-state index in [0.29, 0.717) is 4.71 Å². The number of hydrogen-bond donors (Lipinski definition) is 0. The molecule has 0 atom stereocenters. The summed E-state index contributed by atoms with van der Waals surface area (Å²) >= 11 is 4.54. The maximum Gasteiger partial charge on any atom is 0.212 e. The number of aromatic nitrogens is 2. The lowest BCUT2D eigenvalue weighted by molar-refractivity contribution is 0.495. The largest absolute Gasteiger partial charge is 0.431 e. The molecule has 0 saturated heterocycles. The van der Waals surface area contributed by atoms with Crippen molar-refractivity contribution in [3.05, 3.63) is 17.3 Å². The summed E-state index contributed by atoms with van der Waals surface area (Å²) in [5.74, 6) is 0. The lowest BCUT2D eigenvalue weighted by atomic mass is 11.0. The summed E-state index contributed by atoms with van der Waals surface area (Å²) in [5, 5.41) is 6.80. The van der Waals surface area contributed by atoms with Gasteiger partial charge in [-0.15, -0.1) is 5.10 Å². The minimum atomic E-state index is 0.356. The van der Waals surface area contributed by atoms with E-state index in [-0.39, 0.29) is 0 Å². The van der Waals surface area contributed by atoms with Crippen LogP contribution in [0.25, 0.3) is 0 Å². The van der Waals surface area contributed by atoms with E-state index in [1.807, 2.05) is 0 Å². The molecule has 0 amide bonds. The minimum absolute atomic E-state index is 0.356.